The van der Waals surface area contributed by atoms with E-state index in [9.17, 15) is 22.8 Å². The molecule has 1 saturated heterocycles. The molecule has 0 unspecified atom stereocenters. The molecule has 1 aliphatic rings. The van der Waals surface area contributed by atoms with Gasteiger partial charge < -0.3 is 10.2 Å². The van der Waals surface area contributed by atoms with Crippen molar-refractivity contribution < 1.29 is 22.8 Å². The van der Waals surface area contributed by atoms with Gasteiger partial charge in [0.1, 0.15) is 5.82 Å². The van der Waals surface area contributed by atoms with Gasteiger partial charge in [-0.2, -0.15) is 18.3 Å². The molecule has 6 nitrogen and oxygen atoms in total. The maximum Gasteiger partial charge on any atom is 0.416 e. The zero-order chi connectivity index (χ0) is 21.0. The van der Waals surface area contributed by atoms with Crippen molar-refractivity contribution in [2.45, 2.75) is 45.2 Å². The zero-order valence-corrected chi connectivity index (χ0v) is 16.1. The van der Waals surface area contributed by atoms with Crippen LogP contribution in [-0.4, -0.2) is 39.6 Å². The highest BCUT2D eigenvalue weighted by Gasteiger charge is 2.30. The number of hydrogen-bond donors (Lipinski definition) is 1. The minimum atomic E-state index is -4.48. The predicted octanol–water partition coefficient (Wildman–Crippen LogP) is 3.93. The summed E-state index contributed by atoms with van der Waals surface area (Å²) < 4.78 is 40.3. The second-order valence-electron chi connectivity index (χ2n) is 7.16. The average Bonchev–Trinajstić information content (AvgIpc) is 3.01. The number of anilines is 1. The summed E-state index contributed by atoms with van der Waals surface area (Å²) in [5.41, 5.74) is -0.0720. The van der Waals surface area contributed by atoms with Gasteiger partial charge in [0.2, 0.25) is 11.8 Å². The first kappa shape index (κ1) is 20.9. The van der Waals surface area contributed by atoms with Gasteiger partial charge in [-0.15, -0.1) is 0 Å². The molecule has 0 atom stereocenters. The molecule has 2 heterocycles. The van der Waals surface area contributed by atoms with Gasteiger partial charge in [-0.3, -0.25) is 9.59 Å². The Balaban J connectivity index is 1.77. The molecule has 1 aromatic carbocycles. The Morgan fingerprint density at radius 1 is 1.17 bits per heavy atom. The summed E-state index contributed by atoms with van der Waals surface area (Å²) in [5, 5.41) is 6.88. The first-order valence-corrected chi connectivity index (χ1v) is 9.56. The van der Waals surface area contributed by atoms with E-state index in [1.807, 2.05) is 0 Å². The number of likely N-dealkylation sites (tertiary alicyclic amines) is 1. The second kappa shape index (κ2) is 8.67. The number of amides is 2. The van der Waals surface area contributed by atoms with Crippen molar-refractivity contribution >= 4 is 17.6 Å². The normalized spacial score (nSPS) is 15.7. The maximum absolute atomic E-state index is 13.0. The Labute approximate surface area is 166 Å². The fraction of sp³-hybridized carbons (Fsp3) is 0.450. The van der Waals surface area contributed by atoms with Crippen LogP contribution in [0.1, 0.15) is 43.4 Å². The second-order valence-corrected chi connectivity index (χ2v) is 7.16. The molecule has 0 radical (unpaired) electrons. The summed E-state index contributed by atoms with van der Waals surface area (Å²) in [4.78, 5) is 26.3. The van der Waals surface area contributed by atoms with Crippen molar-refractivity contribution in [2.75, 3.05) is 18.4 Å². The summed E-state index contributed by atoms with van der Waals surface area (Å²) in [6.45, 7) is 2.12. The minimum absolute atomic E-state index is 0.0533. The van der Waals surface area contributed by atoms with Crippen LogP contribution in [0.25, 0.3) is 5.69 Å². The molecule has 3 rings (SSSR count). The van der Waals surface area contributed by atoms with Gasteiger partial charge in [-0.05, 0) is 38.0 Å². The Kier molecular flexibility index (Phi) is 6.24. The number of rotatable bonds is 4. The number of halogens is 3. The standard InChI is InChI=1S/C20H23F3N4O2/c1-14-11-17(24-18(28)13-26-10-5-3-2-4-9-19(26)29)27(25-14)16-8-6-7-15(12-16)20(21,22)23/h6-8,11-12H,2-5,9-10,13H2,1H3,(H,24,28). The monoisotopic (exact) mass is 408 g/mol. The zero-order valence-electron chi connectivity index (χ0n) is 16.1. The molecule has 0 saturated carbocycles. The van der Waals surface area contributed by atoms with Crippen LogP contribution in [0.15, 0.2) is 30.3 Å². The molecule has 9 heteroatoms. The number of carbonyl (C=O) groups excluding carboxylic acids is 2. The molecule has 1 fully saturated rings. The Bertz CT molecular complexity index is 892. The van der Waals surface area contributed by atoms with E-state index in [-0.39, 0.29) is 24.0 Å². The number of benzene rings is 1. The number of alkyl halides is 3. The van der Waals surface area contributed by atoms with Crippen molar-refractivity contribution in [1.82, 2.24) is 14.7 Å². The SMILES string of the molecule is Cc1cc(NC(=O)CN2CCCCCCC2=O)n(-c2cccc(C(F)(F)F)c2)n1. The quantitative estimate of drug-likeness (QED) is 0.834. The van der Waals surface area contributed by atoms with E-state index >= 15 is 0 Å². The lowest BCUT2D eigenvalue weighted by atomic mass is 10.1. The fourth-order valence-electron chi connectivity index (χ4n) is 3.34. The third kappa shape index (κ3) is 5.36. The van der Waals surface area contributed by atoms with E-state index in [1.54, 1.807) is 13.0 Å². The molecular weight excluding hydrogens is 385 g/mol. The van der Waals surface area contributed by atoms with Gasteiger partial charge in [0.05, 0.1) is 23.5 Å². The van der Waals surface area contributed by atoms with E-state index in [4.69, 9.17) is 0 Å². The molecule has 2 amide bonds. The number of aryl methyl sites for hydroxylation is 1. The largest absolute Gasteiger partial charge is 0.416 e. The van der Waals surface area contributed by atoms with E-state index < -0.39 is 17.6 Å². The Morgan fingerprint density at radius 2 is 1.93 bits per heavy atom. The fourth-order valence-corrected chi connectivity index (χ4v) is 3.34. The minimum Gasteiger partial charge on any atom is -0.333 e. The van der Waals surface area contributed by atoms with Crippen molar-refractivity contribution in [2.24, 2.45) is 0 Å². The number of aromatic nitrogens is 2. The third-order valence-electron chi connectivity index (χ3n) is 4.77. The lowest BCUT2D eigenvalue weighted by Crippen LogP contribution is -2.39. The van der Waals surface area contributed by atoms with Gasteiger partial charge in [0.15, 0.2) is 0 Å². The molecule has 1 aromatic heterocycles. The molecule has 1 N–H and O–H groups in total. The van der Waals surface area contributed by atoms with Gasteiger partial charge in [0, 0.05) is 19.0 Å². The van der Waals surface area contributed by atoms with Gasteiger partial charge >= 0.3 is 6.18 Å². The third-order valence-corrected chi connectivity index (χ3v) is 4.77. The predicted molar refractivity (Wildman–Crippen MR) is 102 cm³/mol. The van der Waals surface area contributed by atoms with Crippen LogP contribution in [-0.2, 0) is 15.8 Å². The van der Waals surface area contributed by atoms with Crippen LogP contribution in [0.3, 0.4) is 0 Å². The smallest absolute Gasteiger partial charge is 0.333 e. The van der Waals surface area contributed by atoms with E-state index in [1.165, 1.54) is 21.7 Å². The molecule has 0 aliphatic carbocycles. The molecule has 0 bridgehead atoms. The van der Waals surface area contributed by atoms with Crippen LogP contribution in [0.4, 0.5) is 19.0 Å². The number of carbonyl (C=O) groups is 2. The lowest BCUT2D eigenvalue weighted by molar-refractivity contribution is -0.137. The number of nitrogens with one attached hydrogen (secondary N) is 1. The summed E-state index contributed by atoms with van der Waals surface area (Å²) in [7, 11) is 0. The van der Waals surface area contributed by atoms with E-state index in [2.05, 4.69) is 10.4 Å². The molecule has 156 valence electrons. The van der Waals surface area contributed by atoms with Crippen LogP contribution in [0.2, 0.25) is 0 Å². The molecule has 0 spiro atoms. The summed E-state index contributed by atoms with van der Waals surface area (Å²) in [6.07, 6.45) is -0.352. The molecule has 2 aromatic rings. The van der Waals surface area contributed by atoms with Gasteiger partial charge in [-0.25, -0.2) is 4.68 Å². The number of nitrogens with zero attached hydrogens (tertiary/aromatic N) is 3. The number of hydrogen-bond acceptors (Lipinski definition) is 3. The Hall–Kier alpha value is -2.84. The van der Waals surface area contributed by atoms with Crippen molar-refractivity contribution in [3.05, 3.63) is 41.6 Å². The highest BCUT2D eigenvalue weighted by atomic mass is 19.4. The molecule has 29 heavy (non-hydrogen) atoms. The first-order valence-electron chi connectivity index (χ1n) is 9.56. The maximum atomic E-state index is 13.0. The van der Waals surface area contributed by atoms with E-state index in [0.717, 1.165) is 37.8 Å². The summed E-state index contributed by atoms with van der Waals surface area (Å²) >= 11 is 0. The van der Waals surface area contributed by atoms with E-state index in [0.29, 0.717) is 18.7 Å². The average molecular weight is 408 g/mol. The van der Waals surface area contributed by atoms with Crippen LogP contribution < -0.4 is 5.32 Å². The van der Waals surface area contributed by atoms with Crippen molar-refractivity contribution in [3.8, 4) is 5.69 Å². The summed E-state index contributed by atoms with van der Waals surface area (Å²) in [5.74, 6) is -0.208. The molecule has 1 aliphatic heterocycles. The van der Waals surface area contributed by atoms with Crippen molar-refractivity contribution in [3.63, 3.8) is 0 Å². The van der Waals surface area contributed by atoms with Crippen molar-refractivity contribution in [1.29, 1.82) is 0 Å². The van der Waals surface area contributed by atoms with Gasteiger partial charge in [-0.1, -0.05) is 18.9 Å². The van der Waals surface area contributed by atoms with Crippen LogP contribution >= 0.6 is 0 Å². The Morgan fingerprint density at radius 3 is 2.69 bits per heavy atom. The topological polar surface area (TPSA) is 67.2 Å². The lowest BCUT2D eigenvalue weighted by Gasteiger charge is -2.24. The van der Waals surface area contributed by atoms with Gasteiger partial charge in [0.25, 0.3) is 0 Å². The summed E-state index contributed by atoms with van der Waals surface area (Å²) in [6, 6.07) is 6.31. The van der Waals surface area contributed by atoms with Crippen LogP contribution in [0, 0.1) is 6.92 Å². The highest BCUT2D eigenvalue weighted by Crippen LogP contribution is 2.31. The molecular formula is C20H23F3N4O2. The van der Waals surface area contributed by atoms with Crippen LogP contribution in [0.5, 0.6) is 0 Å². The highest BCUT2D eigenvalue weighted by molar-refractivity contribution is 5.94. The first-order chi connectivity index (χ1) is 13.7.